The summed E-state index contributed by atoms with van der Waals surface area (Å²) < 4.78 is 5.34. The number of hydrogen-bond acceptors (Lipinski definition) is 2. The molecule has 0 amide bonds. The fraction of sp³-hybridized carbons (Fsp3) is 0.333. The molecule has 2 heteroatoms. The average molecular weight is 270 g/mol. The summed E-state index contributed by atoms with van der Waals surface area (Å²) in [5.74, 6) is 0.743. The number of aliphatic hydroxyl groups excluding tert-OH is 1. The zero-order valence-electron chi connectivity index (χ0n) is 12.6. The van der Waals surface area contributed by atoms with Crippen molar-refractivity contribution in [2.45, 2.75) is 33.3 Å². The molecule has 0 aliphatic heterocycles. The molecule has 0 fully saturated rings. The van der Waals surface area contributed by atoms with Crippen LogP contribution in [-0.2, 0) is 6.42 Å². The van der Waals surface area contributed by atoms with Crippen molar-refractivity contribution < 1.29 is 9.84 Å². The molecule has 0 spiro atoms. The summed E-state index contributed by atoms with van der Waals surface area (Å²) in [5.41, 5.74) is 5.65. The Kier molecular flexibility index (Phi) is 4.46. The molecule has 0 aliphatic rings. The Hall–Kier alpha value is -1.80. The largest absolute Gasteiger partial charge is 0.496 e. The Balaban J connectivity index is 2.25. The van der Waals surface area contributed by atoms with Gasteiger partial charge in [-0.2, -0.15) is 0 Å². The summed E-state index contributed by atoms with van der Waals surface area (Å²) in [4.78, 5) is 0. The smallest absolute Gasteiger partial charge is 0.124 e. The SMILES string of the molecule is COc1ccc(C)cc1C(O)Cc1ccc(C)c(C)c1. The maximum absolute atomic E-state index is 10.5. The molecule has 0 aliphatic carbocycles. The van der Waals surface area contributed by atoms with Crippen LogP contribution in [0.5, 0.6) is 5.75 Å². The predicted molar refractivity (Wildman–Crippen MR) is 82.3 cm³/mol. The van der Waals surface area contributed by atoms with Gasteiger partial charge in [0.05, 0.1) is 13.2 Å². The van der Waals surface area contributed by atoms with Crippen molar-refractivity contribution in [1.82, 2.24) is 0 Å². The van der Waals surface area contributed by atoms with Crippen LogP contribution in [0.4, 0.5) is 0 Å². The Bertz CT molecular complexity index is 602. The molecule has 106 valence electrons. The number of methoxy groups -OCH3 is 1. The topological polar surface area (TPSA) is 29.5 Å². The normalized spacial score (nSPS) is 12.2. The van der Waals surface area contributed by atoms with Gasteiger partial charge >= 0.3 is 0 Å². The van der Waals surface area contributed by atoms with E-state index in [0.717, 1.165) is 22.4 Å². The van der Waals surface area contributed by atoms with Crippen LogP contribution in [0.15, 0.2) is 36.4 Å². The third kappa shape index (κ3) is 3.20. The van der Waals surface area contributed by atoms with Gasteiger partial charge in [0.25, 0.3) is 0 Å². The minimum Gasteiger partial charge on any atom is -0.496 e. The lowest BCUT2D eigenvalue weighted by molar-refractivity contribution is 0.174. The zero-order chi connectivity index (χ0) is 14.7. The highest BCUT2D eigenvalue weighted by molar-refractivity contribution is 5.39. The molecule has 1 unspecified atom stereocenters. The van der Waals surface area contributed by atoms with E-state index in [1.807, 2.05) is 25.1 Å². The molecule has 1 N–H and O–H groups in total. The summed E-state index contributed by atoms with van der Waals surface area (Å²) in [6.07, 6.45) is 0.0490. The number of hydrogen-bond donors (Lipinski definition) is 1. The Morgan fingerprint density at radius 3 is 2.40 bits per heavy atom. The molecule has 0 heterocycles. The van der Waals surface area contributed by atoms with Crippen LogP contribution in [0.1, 0.15) is 33.9 Å². The molecule has 0 aromatic heterocycles. The molecule has 0 radical (unpaired) electrons. The summed E-state index contributed by atoms with van der Waals surface area (Å²) in [6, 6.07) is 12.2. The van der Waals surface area contributed by atoms with Gasteiger partial charge in [0.1, 0.15) is 5.75 Å². The lowest BCUT2D eigenvalue weighted by Gasteiger charge is -2.16. The molecule has 20 heavy (non-hydrogen) atoms. The van der Waals surface area contributed by atoms with Crippen molar-refractivity contribution in [3.63, 3.8) is 0 Å². The number of rotatable bonds is 4. The monoisotopic (exact) mass is 270 g/mol. The maximum atomic E-state index is 10.5. The number of benzene rings is 2. The maximum Gasteiger partial charge on any atom is 0.124 e. The minimum atomic E-state index is -0.549. The Morgan fingerprint density at radius 1 is 1.00 bits per heavy atom. The van der Waals surface area contributed by atoms with Crippen LogP contribution in [0, 0.1) is 20.8 Å². The first kappa shape index (κ1) is 14.6. The van der Waals surface area contributed by atoms with Crippen LogP contribution in [0.25, 0.3) is 0 Å². The molecule has 0 bridgehead atoms. The first-order valence-corrected chi connectivity index (χ1v) is 6.90. The highest BCUT2D eigenvalue weighted by Gasteiger charge is 2.14. The van der Waals surface area contributed by atoms with Crippen molar-refractivity contribution in [1.29, 1.82) is 0 Å². The van der Waals surface area contributed by atoms with Gasteiger partial charge in [-0.3, -0.25) is 0 Å². The van der Waals surface area contributed by atoms with Gasteiger partial charge < -0.3 is 9.84 Å². The summed E-state index contributed by atoms with van der Waals surface area (Å²) in [7, 11) is 1.64. The predicted octanol–water partition coefficient (Wildman–Crippen LogP) is 3.90. The minimum absolute atomic E-state index is 0.549. The number of ether oxygens (including phenoxy) is 1. The Labute approximate surface area is 121 Å². The van der Waals surface area contributed by atoms with Gasteiger partial charge in [0.15, 0.2) is 0 Å². The van der Waals surface area contributed by atoms with Gasteiger partial charge in [0, 0.05) is 12.0 Å². The molecule has 2 nitrogen and oxygen atoms in total. The van der Waals surface area contributed by atoms with E-state index in [-0.39, 0.29) is 0 Å². The van der Waals surface area contributed by atoms with Gasteiger partial charge in [0.2, 0.25) is 0 Å². The second kappa shape index (κ2) is 6.10. The number of aliphatic hydroxyl groups is 1. The second-order valence-electron chi connectivity index (χ2n) is 5.38. The highest BCUT2D eigenvalue weighted by atomic mass is 16.5. The third-order valence-corrected chi connectivity index (χ3v) is 3.74. The van der Waals surface area contributed by atoms with Crippen molar-refractivity contribution >= 4 is 0 Å². The van der Waals surface area contributed by atoms with E-state index in [1.54, 1.807) is 7.11 Å². The van der Waals surface area contributed by atoms with E-state index in [2.05, 4.69) is 32.0 Å². The van der Waals surface area contributed by atoms with Crippen molar-refractivity contribution in [3.05, 3.63) is 64.2 Å². The summed E-state index contributed by atoms with van der Waals surface area (Å²) in [6.45, 7) is 6.21. The number of aryl methyl sites for hydroxylation is 3. The first-order valence-electron chi connectivity index (χ1n) is 6.90. The van der Waals surface area contributed by atoms with E-state index in [9.17, 15) is 5.11 Å². The van der Waals surface area contributed by atoms with E-state index in [0.29, 0.717) is 6.42 Å². The second-order valence-corrected chi connectivity index (χ2v) is 5.38. The van der Waals surface area contributed by atoms with Gasteiger partial charge in [-0.05, 0) is 49.6 Å². The van der Waals surface area contributed by atoms with E-state index < -0.39 is 6.10 Å². The van der Waals surface area contributed by atoms with E-state index >= 15 is 0 Å². The third-order valence-electron chi connectivity index (χ3n) is 3.74. The quantitative estimate of drug-likeness (QED) is 0.913. The lowest BCUT2D eigenvalue weighted by atomic mass is 9.97. The standard InChI is InChI=1S/C18H22O2/c1-12-5-8-18(20-4)16(9-12)17(19)11-15-7-6-13(2)14(3)10-15/h5-10,17,19H,11H2,1-4H3. The molecule has 0 saturated carbocycles. The van der Waals surface area contributed by atoms with Crippen LogP contribution in [0.3, 0.4) is 0 Å². The average Bonchev–Trinajstić information content (AvgIpc) is 2.43. The summed E-state index contributed by atoms with van der Waals surface area (Å²) in [5, 5.41) is 10.5. The van der Waals surface area contributed by atoms with Crippen molar-refractivity contribution in [3.8, 4) is 5.75 Å². The molecular weight excluding hydrogens is 248 g/mol. The van der Waals surface area contributed by atoms with Crippen LogP contribution in [-0.4, -0.2) is 12.2 Å². The van der Waals surface area contributed by atoms with Crippen LogP contribution < -0.4 is 4.74 Å². The molecular formula is C18H22O2. The van der Waals surface area contributed by atoms with Crippen LogP contribution >= 0.6 is 0 Å². The molecule has 2 aromatic rings. The fourth-order valence-electron chi connectivity index (χ4n) is 2.38. The van der Waals surface area contributed by atoms with Crippen molar-refractivity contribution in [2.24, 2.45) is 0 Å². The highest BCUT2D eigenvalue weighted by Crippen LogP contribution is 2.29. The van der Waals surface area contributed by atoms with Gasteiger partial charge in [-0.25, -0.2) is 0 Å². The fourth-order valence-corrected chi connectivity index (χ4v) is 2.38. The van der Waals surface area contributed by atoms with Gasteiger partial charge in [-0.1, -0.05) is 29.8 Å². The molecule has 1 atom stereocenters. The van der Waals surface area contributed by atoms with E-state index in [4.69, 9.17) is 4.74 Å². The zero-order valence-corrected chi connectivity index (χ0v) is 12.6. The van der Waals surface area contributed by atoms with E-state index in [1.165, 1.54) is 11.1 Å². The Morgan fingerprint density at radius 2 is 1.75 bits per heavy atom. The van der Waals surface area contributed by atoms with Crippen LogP contribution in [0.2, 0.25) is 0 Å². The first-order chi connectivity index (χ1) is 9.51. The summed E-state index contributed by atoms with van der Waals surface area (Å²) >= 11 is 0. The molecule has 2 aromatic carbocycles. The van der Waals surface area contributed by atoms with Crippen molar-refractivity contribution in [2.75, 3.05) is 7.11 Å². The molecule has 2 rings (SSSR count). The lowest BCUT2D eigenvalue weighted by Crippen LogP contribution is -2.05. The van der Waals surface area contributed by atoms with Gasteiger partial charge in [-0.15, -0.1) is 0 Å². The molecule has 0 saturated heterocycles.